The highest BCUT2D eigenvalue weighted by Crippen LogP contribution is 2.46. The highest BCUT2D eigenvalue weighted by molar-refractivity contribution is 5.39. The van der Waals surface area contributed by atoms with E-state index in [2.05, 4.69) is 0 Å². The number of isocyanates is 2. The fourth-order valence-electron chi connectivity index (χ4n) is 0.467. The van der Waals surface area contributed by atoms with E-state index in [1.54, 1.807) is 0 Å². The van der Waals surface area contributed by atoms with Crippen LogP contribution in [0.3, 0.4) is 0 Å². The van der Waals surface area contributed by atoms with Crippen LogP contribution in [0.2, 0.25) is 0 Å². The third kappa shape index (κ3) is 2.23. The predicted octanol–water partition coefficient (Wildman–Crippen LogP) is 1.48. The van der Waals surface area contributed by atoms with Gasteiger partial charge >= 0.3 is 18.0 Å². The second kappa shape index (κ2) is 3.84. The molecule has 0 spiro atoms. The van der Waals surface area contributed by atoms with E-state index in [1.807, 2.05) is 0 Å². The Morgan fingerprint density at radius 3 is 1.33 bits per heavy atom. The fourth-order valence-corrected chi connectivity index (χ4v) is 0.467. The largest absolute Gasteiger partial charge is 0.461 e. The molecule has 0 fully saturated rings. The van der Waals surface area contributed by atoms with Crippen molar-refractivity contribution in [3.8, 4) is 0 Å². The molecule has 0 unspecified atom stereocenters. The second-order valence-corrected chi connectivity index (χ2v) is 2.07. The topological polar surface area (TPSA) is 58.9 Å². The SMILES string of the molecule is O=C=NC(F)(N=C=O)C(F)(F)C(F)(F)F. The quantitative estimate of drug-likeness (QED) is 0.321. The Morgan fingerprint density at radius 1 is 0.800 bits per heavy atom. The van der Waals surface area contributed by atoms with Gasteiger partial charge in [0.1, 0.15) is 0 Å². The van der Waals surface area contributed by atoms with Crippen LogP contribution in [0.5, 0.6) is 0 Å². The summed E-state index contributed by atoms with van der Waals surface area (Å²) in [5.41, 5.74) is 0. The van der Waals surface area contributed by atoms with E-state index < -0.39 is 18.0 Å². The van der Waals surface area contributed by atoms with Gasteiger partial charge in [0.2, 0.25) is 12.2 Å². The molecule has 0 aliphatic rings. The van der Waals surface area contributed by atoms with Gasteiger partial charge in [-0.15, -0.1) is 9.98 Å². The Kier molecular flexibility index (Phi) is 3.41. The molecular formula is C5F6N2O2. The van der Waals surface area contributed by atoms with Crippen molar-refractivity contribution >= 4 is 12.2 Å². The van der Waals surface area contributed by atoms with Gasteiger partial charge in [-0.2, -0.15) is 26.3 Å². The van der Waals surface area contributed by atoms with Crippen molar-refractivity contribution < 1.29 is 35.9 Å². The predicted molar refractivity (Wildman–Crippen MR) is 31.1 cm³/mol. The zero-order valence-electron chi connectivity index (χ0n) is 6.48. The van der Waals surface area contributed by atoms with Gasteiger partial charge in [0, 0.05) is 0 Å². The van der Waals surface area contributed by atoms with Crippen LogP contribution in [0.1, 0.15) is 0 Å². The van der Waals surface area contributed by atoms with E-state index in [0.717, 1.165) is 0 Å². The van der Waals surface area contributed by atoms with E-state index in [4.69, 9.17) is 0 Å². The molecule has 0 aliphatic carbocycles. The smallest absolute Gasteiger partial charge is 0.211 e. The Bertz CT molecular complexity index is 320. The summed E-state index contributed by atoms with van der Waals surface area (Å²) in [7, 11) is 0. The maximum absolute atomic E-state index is 12.7. The normalized spacial score (nSPS) is 15.9. The fraction of sp³-hybridized carbons (Fsp3) is 0.600. The summed E-state index contributed by atoms with van der Waals surface area (Å²) >= 11 is 0. The van der Waals surface area contributed by atoms with Crippen LogP contribution >= 0.6 is 0 Å². The average Bonchev–Trinajstić information content (AvgIpc) is 2.02. The summed E-state index contributed by atoms with van der Waals surface area (Å²) in [4.78, 5) is 21.9. The van der Waals surface area contributed by atoms with Crippen molar-refractivity contribution in [1.29, 1.82) is 0 Å². The van der Waals surface area contributed by atoms with Crippen LogP contribution in [0, 0.1) is 0 Å². The minimum atomic E-state index is -6.37. The molecule has 0 atom stereocenters. The van der Waals surface area contributed by atoms with Crippen LogP contribution < -0.4 is 0 Å². The molecule has 84 valence electrons. The van der Waals surface area contributed by atoms with Crippen LogP contribution in [-0.4, -0.2) is 30.2 Å². The molecule has 4 nitrogen and oxygen atoms in total. The molecule has 0 rings (SSSR count). The highest BCUT2D eigenvalue weighted by atomic mass is 19.4. The summed E-state index contributed by atoms with van der Waals surface area (Å²) in [6.45, 7) is 0. The lowest BCUT2D eigenvalue weighted by Gasteiger charge is -2.25. The minimum absolute atomic E-state index is 0.119. The zero-order chi connectivity index (χ0) is 12.3. The monoisotopic (exact) mass is 234 g/mol. The summed E-state index contributed by atoms with van der Waals surface area (Å²) in [5.74, 6) is -11.2. The molecule has 0 saturated carbocycles. The Morgan fingerprint density at radius 2 is 1.13 bits per heavy atom. The first-order chi connectivity index (χ1) is 6.62. The van der Waals surface area contributed by atoms with Gasteiger partial charge in [-0.05, 0) is 0 Å². The van der Waals surface area contributed by atoms with Crippen molar-refractivity contribution in [3.05, 3.63) is 0 Å². The van der Waals surface area contributed by atoms with Crippen molar-refractivity contribution in [3.63, 3.8) is 0 Å². The standard InChI is InChI=1S/C5F6N2O2/c6-3(7,4(8,9)10)5(11,12-1-14)13-2-15. The maximum Gasteiger partial charge on any atom is 0.461 e. The van der Waals surface area contributed by atoms with Crippen molar-refractivity contribution in [2.24, 2.45) is 9.98 Å². The molecule has 0 radical (unpaired) electrons. The van der Waals surface area contributed by atoms with E-state index in [0.29, 0.717) is 0 Å². The molecular weight excluding hydrogens is 234 g/mol. The van der Waals surface area contributed by atoms with Crippen LogP contribution in [0.4, 0.5) is 26.3 Å². The molecule has 0 aromatic carbocycles. The third-order valence-corrected chi connectivity index (χ3v) is 1.14. The Labute approximate surface area is 77.3 Å². The number of carbonyl (C=O) groups excluding carboxylic acids is 2. The molecule has 0 aromatic heterocycles. The highest BCUT2D eigenvalue weighted by Gasteiger charge is 2.73. The number of nitrogens with zero attached hydrogens (tertiary/aromatic N) is 2. The van der Waals surface area contributed by atoms with Gasteiger partial charge in [-0.25, -0.2) is 9.59 Å². The van der Waals surface area contributed by atoms with Crippen LogP contribution in [-0.2, 0) is 9.59 Å². The van der Waals surface area contributed by atoms with Crippen LogP contribution in [0.15, 0.2) is 9.98 Å². The number of hydrogen-bond donors (Lipinski definition) is 0. The van der Waals surface area contributed by atoms with E-state index in [9.17, 15) is 35.9 Å². The number of aliphatic imine (C=N–C) groups is 2. The summed E-state index contributed by atoms with van der Waals surface area (Å²) in [6, 6.07) is 0. The maximum atomic E-state index is 12.7. The number of rotatable bonds is 3. The summed E-state index contributed by atoms with van der Waals surface area (Å²) < 4.78 is 72.2. The molecule has 15 heavy (non-hydrogen) atoms. The lowest BCUT2D eigenvalue weighted by molar-refractivity contribution is -0.324. The minimum Gasteiger partial charge on any atom is -0.211 e. The molecule has 0 saturated heterocycles. The second-order valence-electron chi connectivity index (χ2n) is 2.07. The van der Waals surface area contributed by atoms with Crippen molar-refractivity contribution in [1.82, 2.24) is 0 Å². The Balaban J connectivity index is 5.65. The van der Waals surface area contributed by atoms with Gasteiger partial charge in [-0.1, -0.05) is 0 Å². The number of halogens is 6. The van der Waals surface area contributed by atoms with E-state index >= 15 is 0 Å². The molecule has 0 heterocycles. The molecule has 0 aromatic rings. The lowest BCUT2D eigenvalue weighted by atomic mass is 10.2. The zero-order valence-corrected chi connectivity index (χ0v) is 6.48. The summed E-state index contributed by atoms with van der Waals surface area (Å²) in [5, 5.41) is 0. The van der Waals surface area contributed by atoms with Gasteiger partial charge in [0.15, 0.2) is 0 Å². The first-order valence-corrected chi connectivity index (χ1v) is 2.94. The van der Waals surface area contributed by atoms with Gasteiger partial charge in [-0.3, -0.25) is 0 Å². The molecule has 0 bridgehead atoms. The van der Waals surface area contributed by atoms with Gasteiger partial charge < -0.3 is 0 Å². The molecule has 0 N–H and O–H groups in total. The number of hydrogen-bond acceptors (Lipinski definition) is 4. The third-order valence-electron chi connectivity index (χ3n) is 1.14. The van der Waals surface area contributed by atoms with Crippen molar-refractivity contribution in [2.45, 2.75) is 18.0 Å². The number of alkyl halides is 6. The van der Waals surface area contributed by atoms with Crippen molar-refractivity contribution in [2.75, 3.05) is 0 Å². The molecule has 0 aliphatic heterocycles. The first kappa shape index (κ1) is 13.3. The first-order valence-electron chi connectivity index (χ1n) is 2.94. The van der Waals surface area contributed by atoms with E-state index in [-0.39, 0.29) is 12.2 Å². The summed E-state index contributed by atoms with van der Waals surface area (Å²) in [6.07, 6.45) is -6.14. The Hall–Kier alpha value is -1.66. The molecule has 0 amide bonds. The average molecular weight is 234 g/mol. The molecule has 10 heteroatoms. The van der Waals surface area contributed by atoms with E-state index in [1.165, 1.54) is 9.98 Å². The lowest BCUT2D eigenvalue weighted by Crippen LogP contribution is -2.52. The van der Waals surface area contributed by atoms with Crippen LogP contribution in [0.25, 0.3) is 0 Å². The van der Waals surface area contributed by atoms with Gasteiger partial charge in [0.25, 0.3) is 0 Å². The van der Waals surface area contributed by atoms with Gasteiger partial charge in [0.05, 0.1) is 0 Å².